The van der Waals surface area contributed by atoms with Crippen LogP contribution in [-0.4, -0.2) is 31.4 Å². The molecule has 4 heterocycles. The molecule has 0 atom stereocenters. The number of nitrogens with two attached hydrogens (primary N) is 1. The molecule has 0 aliphatic carbocycles. The Hall–Kier alpha value is -3.63. The van der Waals surface area contributed by atoms with E-state index in [4.69, 9.17) is 10.2 Å². The van der Waals surface area contributed by atoms with E-state index in [-0.39, 0.29) is 11.7 Å². The van der Waals surface area contributed by atoms with Crippen LogP contribution in [0.1, 0.15) is 11.3 Å². The number of fused-ring (bicyclic) bond motifs is 1. The standard InChI is InChI=1S/C23H20N6O2S2/c1-14-6-8-15(9-7-14)26-18(30)13-32-23-28-27-21(29(23)12-16-4-3-11-31-16)20-19(24)17-5-2-10-25-22(17)33-20/h2-11H,12-13,24H2,1H3,(H,26,30). The average molecular weight is 477 g/mol. The number of anilines is 2. The van der Waals surface area contributed by atoms with Crippen molar-refractivity contribution in [2.45, 2.75) is 18.6 Å². The number of nitrogen functional groups attached to an aromatic ring is 1. The fraction of sp³-hybridized carbons (Fsp3) is 0.130. The first-order valence-corrected chi connectivity index (χ1v) is 12.0. The first kappa shape index (κ1) is 21.2. The SMILES string of the molecule is Cc1ccc(NC(=O)CSc2nnc(-c3sc4ncccc4c3N)n2Cc2ccco2)cc1. The van der Waals surface area contributed by atoms with Crippen molar-refractivity contribution in [3.8, 4) is 10.7 Å². The number of aromatic nitrogens is 4. The second-order valence-corrected chi connectivity index (χ2v) is 9.32. The Morgan fingerprint density at radius 3 is 2.79 bits per heavy atom. The minimum Gasteiger partial charge on any atom is -0.467 e. The van der Waals surface area contributed by atoms with Crippen LogP contribution in [0.15, 0.2) is 70.6 Å². The minimum absolute atomic E-state index is 0.122. The topological polar surface area (TPSA) is 112 Å². The Balaban J connectivity index is 1.42. The van der Waals surface area contributed by atoms with Gasteiger partial charge in [0.05, 0.1) is 29.1 Å². The molecule has 10 heteroatoms. The number of benzene rings is 1. The highest BCUT2D eigenvalue weighted by Gasteiger charge is 2.22. The van der Waals surface area contributed by atoms with Crippen LogP contribution in [0.25, 0.3) is 20.9 Å². The van der Waals surface area contributed by atoms with Gasteiger partial charge in [0.15, 0.2) is 11.0 Å². The molecule has 33 heavy (non-hydrogen) atoms. The Kier molecular flexibility index (Phi) is 5.84. The summed E-state index contributed by atoms with van der Waals surface area (Å²) in [7, 11) is 0. The third kappa shape index (κ3) is 4.48. The van der Waals surface area contributed by atoms with Crippen molar-refractivity contribution < 1.29 is 9.21 Å². The van der Waals surface area contributed by atoms with Crippen LogP contribution in [0.5, 0.6) is 0 Å². The number of hydrogen-bond acceptors (Lipinski definition) is 8. The molecule has 1 aromatic carbocycles. The van der Waals surface area contributed by atoms with Crippen molar-refractivity contribution in [2.75, 3.05) is 16.8 Å². The molecule has 0 saturated carbocycles. The molecule has 8 nitrogen and oxygen atoms in total. The van der Waals surface area contributed by atoms with E-state index in [1.165, 1.54) is 23.1 Å². The molecular formula is C23H20N6O2S2. The Morgan fingerprint density at radius 1 is 1.18 bits per heavy atom. The van der Waals surface area contributed by atoms with E-state index in [9.17, 15) is 4.79 Å². The highest BCUT2D eigenvalue weighted by atomic mass is 32.2. The summed E-state index contributed by atoms with van der Waals surface area (Å²) in [6.45, 7) is 2.42. The van der Waals surface area contributed by atoms with Gasteiger partial charge in [0.25, 0.3) is 0 Å². The second-order valence-electron chi connectivity index (χ2n) is 7.38. The Morgan fingerprint density at radius 2 is 2.03 bits per heavy atom. The van der Waals surface area contributed by atoms with Gasteiger partial charge in [0.2, 0.25) is 5.91 Å². The lowest BCUT2D eigenvalue weighted by molar-refractivity contribution is -0.113. The molecule has 4 aromatic heterocycles. The fourth-order valence-corrected chi connectivity index (χ4v) is 5.14. The van der Waals surface area contributed by atoms with Crippen LogP contribution in [-0.2, 0) is 11.3 Å². The number of thiophene rings is 1. The van der Waals surface area contributed by atoms with Crippen LogP contribution < -0.4 is 11.1 Å². The summed E-state index contributed by atoms with van der Waals surface area (Å²) < 4.78 is 7.47. The highest BCUT2D eigenvalue weighted by molar-refractivity contribution is 7.99. The van der Waals surface area contributed by atoms with Crippen LogP contribution in [0.4, 0.5) is 11.4 Å². The maximum atomic E-state index is 12.5. The van der Waals surface area contributed by atoms with E-state index >= 15 is 0 Å². The van der Waals surface area contributed by atoms with Crippen molar-refractivity contribution in [3.63, 3.8) is 0 Å². The first-order chi connectivity index (χ1) is 16.1. The van der Waals surface area contributed by atoms with Gasteiger partial charge >= 0.3 is 0 Å². The Labute approximate surface area is 197 Å². The number of nitrogens with one attached hydrogen (secondary N) is 1. The van der Waals surface area contributed by atoms with E-state index in [0.717, 1.165) is 32.1 Å². The molecule has 166 valence electrons. The molecule has 5 aromatic rings. The van der Waals surface area contributed by atoms with Gasteiger partial charge in [0, 0.05) is 17.3 Å². The van der Waals surface area contributed by atoms with E-state index in [1.54, 1.807) is 12.5 Å². The third-order valence-electron chi connectivity index (χ3n) is 4.99. The zero-order chi connectivity index (χ0) is 22.8. The first-order valence-electron chi connectivity index (χ1n) is 10.2. The minimum atomic E-state index is -0.122. The molecule has 0 bridgehead atoms. The molecule has 5 rings (SSSR count). The predicted molar refractivity (Wildman–Crippen MR) is 131 cm³/mol. The normalized spacial score (nSPS) is 11.2. The number of nitrogens with zero attached hydrogens (tertiary/aromatic N) is 4. The van der Waals surface area contributed by atoms with Crippen LogP contribution >= 0.6 is 23.1 Å². The van der Waals surface area contributed by atoms with Crippen LogP contribution in [0.3, 0.4) is 0 Å². The number of furan rings is 1. The zero-order valence-corrected chi connectivity index (χ0v) is 19.3. The number of hydrogen-bond donors (Lipinski definition) is 2. The van der Waals surface area contributed by atoms with Gasteiger partial charge in [-0.1, -0.05) is 29.5 Å². The van der Waals surface area contributed by atoms with Gasteiger partial charge in [-0.2, -0.15) is 0 Å². The van der Waals surface area contributed by atoms with Gasteiger partial charge < -0.3 is 15.5 Å². The molecule has 0 spiro atoms. The summed E-state index contributed by atoms with van der Waals surface area (Å²) in [6.07, 6.45) is 3.36. The van der Waals surface area contributed by atoms with Crippen LogP contribution in [0.2, 0.25) is 0 Å². The summed E-state index contributed by atoms with van der Waals surface area (Å²) >= 11 is 2.78. The average Bonchev–Trinajstić information content (AvgIpc) is 3.55. The van der Waals surface area contributed by atoms with Crippen molar-refractivity contribution in [1.29, 1.82) is 0 Å². The summed E-state index contributed by atoms with van der Waals surface area (Å²) in [5.74, 6) is 1.44. The number of carbonyl (C=O) groups is 1. The molecule has 0 aliphatic heterocycles. The number of amides is 1. The molecule has 0 saturated heterocycles. The van der Waals surface area contributed by atoms with Gasteiger partial charge in [-0.15, -0.1) is 21.5 Å². The van der Waals surface area contributed by atoms with E-state index < -0.39 is 0 Å². The number of thioether (sulfide) groups is 1. The van der Waals surface area contributed by atoms with Crippen molar-refractivity contribution in [3.05, 3.63) is 72.3 Å². The Bertz CT molecular complexity index is 1410. The molecule has 3 N–H and O–H groups in total. The smallest absolute Gasteiger partial charge is 0.234 e. The third-order valence-corrected chi connectivity index (χ3v) is 7.08. The molecule has 0 radical (unpaired) electrons. The number of pyridine rings is 1. The van der Waals surface area contributed by atoms with Gasteiger partial charge in [-0.25, -0.2) is 4.98 Å². The number of carbonyl (C=O) groups excluding carboxylic acids is 1. The van der Waals surface area contributed by atoms with Gasteiger partial charge in [-0.05, 0) is 43.3 Å². The number of aryl methyl sites for hydroxylation is 1. The van der Waals surface area contributed by atoms with E-state index in [1.807, 2.05) is 60.0 Å². The maximum absolute atomic E-state index is 12.5. The fourth-order valence-electron chi connectivity index (χ4n) is 3.35. The molecule has 0 aliphatic rings. The molecule has 0 unspecified atom stereocenters. The highest BCUT2D eigenvalue weighted by Crippen LogP contribution is 2.40. The zero-order valence-electron chi connectivity index (χ0n) is 17.7. The van der Waals surface area contributed by atoms with Crippen molar-refractivity contribution in [1.82, 2.24) is 19.7 Å². The van der Waals surface area contributed by atoms with Crippen molar-refractivity contribution in [2.24, 2.45) is 0 Å². The summed E-state index contributed by atoms with van der Waals surface area (Å²) in [5.41, 5.74) is 8.95. The lowest BCUT2D eigenvalue weighted by atomic mass is 10.2. The summed E-state index contributed by atoms with van der Waals surface area (Å²) in [4.78, 5) is 18.6. The van der Waals surface area contributed by atoms with Crippen molar-refractivity contribution >= 4 is 50.6 Å². The molecule has 1 amide bonds. The summed E-state index contributed by atoms with van der Waals surface area (Å²) in [6, 6.07) is 15.2. The monoisotopic (exact) mass is 476 g/mol. The second kappa shape index (κ2) is 9.08. The van der Waals surface area contributed by atoms with Crippen LogP contribution in [0, 0.1) is 6.92 Å². The van der Waals surface area contributed by atoms with E-state index in [2.05, 4.69) is 20.5 Å². The molecule has 0 fully saturated rings. The maximum Gasteiger partial charge on any atom is 0.234 e. The van der Waals surface area contributed by atoms with Gasteiger partial charge in [-0.3, -0.25) is 9.36 Å². The number of rotatable bonds is 7. The van der Waals surface area contributed by atoms with Gasteiger partial charge in [0.1, 0.15) is 10.6 Å². The lowest BCUT2D eigenvalue weighted by Gasteiger charge is -2.09. The largest absolute Gasteiger partial charge is 0.467 e. The van der Waals surface area contributed by atoms with E-state index in [0.29, 0.717) is 23.2 Å². The lowest BCUT2D eigenvalue weighted by Crippen LogP contribution is -2.14. The summed E-state index contributed by atoms with van der Waals surface area (Å²) in [5, 5.41) is 13.2. The molecular weight excluding hydrogens is 456 g/mol. The quantitative estimate of drug-likeness (QED) is 0.324. The predicted octanol–water partition coefficient (Wildman–Crippen LogP) is 4.82.